The lowest BCUT2D eigenvalue weighted by Crippen LogP contribution is -1.94. The normalized spacial score (nSPS) is 11.3. The molecule has 0 fully saturated rings. The van der Waals surface area contributed by atoms with Crippen LogP contribution in [0.3, 0.4) is 0 Å². The van der Waals surface area contributed by atoms with Crippen LogP contribution in [0.4, 0.5) is 0 Å². The number of pyridine rings is 1. The number of nitrogens with zero attached hydrogens (tertiary/aromatic N) is 5. The molecule has 0 saturated heterocycles. The fourth-order valence-electron chi connectivity index (χ4n) is 1.70. The monoisotopic (exact) mass is 369 g/mol. The summed E-state index contributed by atoms with van der Waals surface area (Å²) in [6.07, 6.45) is 4.73. The average Bonchev–Trinajstić information content (AvgIpc) is 3.00. The van der Waals surface area contributed by atoms with E-state index in [9.17, 15) is 0 Å². The van der Waals surface area contributed by atoms with Gasteiger partial charge in [0.25, 0.3) is 0 Å². The Morgan fingerprint density at radius 1 is 1.35 bits per heavy atom. The summed E-state index contributed by atoms with van der Waals surface area (Å²) in [5, 5.41) is 13.9. The molecule has 3 aromatic rings. The van der Waals surface area contributed by atoms with E-state index in [1.54, 1.807) is 6.20 Å². The molecule has 0 spiro atoms. The molecule has 0 saturated carbocycles. The molecule has 3 heterocycles. The van der Waals surface area contributed by atoms with Crippen LogP contribution in [0.1, 0.15) is 19.2 Å². The maximum atomic E-state index is 4.60. The van der Waals surface area contributed by atoms with Crippen molar-refractivity contribution in [2.45, 2.75) is 19.1 Å². The molecule has 8 heteroatoms. The Hall–Kier alpha value is -0.990. The van der Waals surface area contributed by atoms with Gasteiger partial charge in [-0.3, -0.25) is 4.98 Å². The van der Waals surface area contributed by atoms with Gasteiger partial charge in [-0.1, -0.05) is 18.3 Å². The van der Waals surface area contributed by atoms with Gasteiger partial charge >= 0.3 is 0 Å². The molecule has 3 rings (SSSR count). The topological polar surface area (TPSA) is 56.0 Å². The SMILES string of the molecule is CCCSCc1nnc2sc(-c3cncc(Br)c3)nn12. The molecule has 0 aliphatic heterocycles. The number of thioether (sulfide) groups is 1. The Morgan fingerprint density at radius 3 is 3.05 bits per heavy atom. The van der Waals surface area contributed by atoms with E-state index in [1.165, 1.54) is 17.8 Å². The minimum atomic E-state index is 0.826. The second kappa shape index (κ2) is 6.19. The van der Waals surface area contributed by atoms with Gasteiger partial charge in [-0.15, -0.1) is 10.2 Å². The molecule has 0 aliphatic rings. The molecule has 0 bridgehead atoms. The Labute approximate surface area is 133 Å². The van der Waals surface area contributed by atoms with Crippen molar-refractivity contribution in [3.05, 3.63) is 28.8 Å². The molecular formula is C12H12BrN5S2. The van der Waals surface area contributed by atoms with E-state index in [0.717, 1.165) is 37.3 Å². The average molecular weight is 370 g/mol. The third-order valence-corrected chi connectivity index (χ3v) is 5.13. The Kier molecular flexibility index (Phi) is 4.32. The maximum Gasteiger partial charge on any atom is 0.235 e. The van der Waals surface area contributed by atoms with Crippen molar-refractivity contribution in [1.29, 1.82) is 0 Å². The second-order valence-corrected chi connectivity index (χ2v) is 7.14. The van der Waals surface area contributed by atoms with Gasteiger partial charge in [-0.05, 0) is 34.2 Å². The summed E-state index contributed by atoms with van der Waals surface area (Å²) in [5.74, 6) is 2.88. The zero-order chi connectivity index (χ0) is 13.9. The van der Waals surface area contributed by atoms with Crippen molar-refractivity contribution in [3.63, 3.8) is 0 Å². The summed E-state index contributed by atoms with van der Waals surface area (Å²) in [7, 11) is 0. The highest BCUT2D eigenvalue weighted by atomic mass is 79.9. The van der Waals surface area contributed by atoms with Crippen molar-refractivity contribution in [3.8, 4) is 10.6 Å². The molecule has 0 aromatic carbocycles. The highest BCUT2D eigenvalue weighted by Crippen LogP contribution is 2.27. The summed E-state index contributed by atoms with van der Waals surface area (Å²) in [6, 6.07) is 2.00. The minimum absolute atomic E-state index is 0.826. The lowest BCUT2D eigenvalue weighted by atomic mass is 10.3. The maximum absolute atomic E-state index is 4.60. The molecule has 0 unspecified atom stereocenters. The largest absolute Gasteiger partial charge is 0.263 e. The molecule has 3 aromatic heterocycles. The van der Waals surface area contributed by atoms with Crippen LogP contribution in [0.15, 0.2) is 22.9 Å². The highest BCUT2D eigenvalue weighted by Gasteiger charge is 2.13. The van der Waals surface area contributed by atoms with E-state index < -0.39 is 0 Å². The molecule has 0 aliphatic carbocycles. The van der Waals surface area contributed by atoms with E-state index in [-0.39, 0.29) is 0 Å². The van der Waals surface area contributed by atoms with Crippen LogP contribution in [0, 0.1) is 0 Å². The first kappa shape index (κ1) is 14.0. The van der Waals surface area contributed by atoms with Gasteiger partial charge in [0.05, 0.1) is 5.75 Å². The van der Waals surface area contributed by atoms with Gasteiger partial charge in [-0.2, -0.15) is 21.4 Å². The van der Waals surface area contributed by atoms with E-state index in [0.29, 0.717) is 0 Å². The molecule has 0 radical (unpaired) electrons. The molecule has 104 valence electrons. The number of hydrogen-bond acceptors (Lipinski definition) is 6. The lowest BCUT2D eigenvalue weighted by Gasteiger charge is -1.96. The summed E-state index contributed by atoms with van der Waals surface area (Å²) < 4.78 is 2.78. The van der Waals surface area contributed by atoms with Crippen molar-refractivity contribution in [2.75, 3.05) is 5.75 Å². The fourth-order valence-corrected chi connectivity index (χ4v) is 3.70. The predicted octanol–water partition coefficient (Wildman–Crippen LogP) is 3.65. The third-order valence-electron chi connectivity index (χ3n) is 2.59. The Morgan fingerprint density at radius 2 is 2.25 bits per heavy atom. The Bertz CT molecular complexity index is 724. The first-order chi connectivity index (χ1) is 9.78. The summed E-state index contributed by atoms with van der Waals surface area (Å²) >= 11 is 6.81. The standard InChI is InChI=1S/C12H12BrN5S2/c1-2-3-19-7-10-15-16-12-18(10)17-11(20-12)8-4-9(13)6-14-5-8/h4-6H,2-3,7H2,1H3. The van der Waals surface area contributed by atoms with Crippen molar-refractivity contribution < 1.29 is 0 Å². The van der Waals surface area contributed by atoms with Crippen molar-refractivity contribution in [1.82, 2.24) is 24.8 Å². The van der Waals surface area contributed by atoms with Gasteiger partial charge < -0.3 is 0 Å². The molecular weight excluding hydrogens is 358 g/mol. The first-order valence-electron chi connectivity index (χ1n) is 6.17. The Balaban J connectivity index is 1.91. The second-order valence-electron chi connectivity index (χ2n) is 4.16. The predicted molar refractivity (Wildman–Crippen MR) is 86.0 cm³/mol. The molecule has 5 nitrogen and oxygen atoms in total. The van der Waals surface area contributed by atoms with Gasteiger partial charge in [0.2, 0.25) is 4.96 Å². The smallest absolute Gasteiger partial charge is 0.235 e. The van der Waals surface area contributed by atoms with Gasteiger partial charge in [0, 0.05) is 22.4 Å². The van der Waals surface area contributed by atoms with Crippen LogP contribution >= 0.6 is 39.0 Å². The van der Waals surface area contributed by atoms with Crippen LogP contribution in [-0.4, -0.2) is 30.5 Å². The minimum Gasteiger partial charge on any atom is -0.263 e. The highest BCUT2D eigenvalue weighted by molar-refractivity contribution is 9.10. The zero-order valence-electron chi connectivity index (χ0n) is 10.8. The molecule has 20 heavy (non-hydrogen) atoms. The van der Waals surface area contributed by atoms with E-state index in [2.05, 4.69) is 43.1 Å². The first-order valence-corrected chi connectivity index (χ1v) is 8.94. The van der Waals surface area contributed by atoms with Crippen LogP contribution in [-0.2, 0) is 5.75 Å². The number of fused-ring (bicyclic) bond motifs is 1. The third kappa shape index (κ3) is 2.87. The van der Waals surface area contributed by atoms with Crippen molar-refractivity contribution in [2.24, 2.45) is 0 Å². The number of aromatic nitrogens is 5. The van der Waals surface area contributed by atoms with E-state index in [4.69, 9.17) is 0 Å². The number of rotatable bonds is 5. The lowest BCUT2D eigenvalue weighted by molar-refractivity contribution is 0.886. The van der Waals surface area contributed by atoms with Crippen LogP contribution in [0.5, 0.6) is 0 Å². The van der Waals surface area contributed by atoms with Crippen LogP contribution in [0.2, 0.25) is 0 Å². The van der Waals surface area contributed by atoms with Crippen LogP contribution in [0.25, 0.3) is 15.5 Å². The molecule has 0 atom stereocenters. The number of hydrogen-bond donors (Lipinski definition) is 0. The number of halogens is 1. The van der Waals surface area contributed by atoms with Gasteiger partial charge in [0.15, 0.2) is 5.82 Å². The zero-order valence-corrected chi connectivity index (χ0v) is 14.0. The van der Waals surface area contributed by atoms with E-state index in [1.807, 2.05) is 28.5 Å². The quantitative estimate of drug-likeness (QED) is 0.642. The van der Waals surface area contributed by atoms with E-state index >= 15 is 0 Å². The fraction of sp³-hybridized carbons (Fsp3) is 0.333. The van der Waals surface area contributed by atoms with Crippen molar-refractivity contribution >= 4 is 44.0 Å². The summed E-state index contributed by atoms with van der Waals surface area (Å²) in [4.78, 5) is 4.99. The van der Waals surface area contributed by atoms with Gasteiger partial charge in [-0.25, -0.2) is 0 Å². The van der Waals surface area contributed by atoms with Crippen LogP contribution < -0.4 is 0 Å². The summed E-state index contributed by atoms with van der Waals surface area (Å²) in [5.41, 5.74) is 0.988. The molecule has 0 amide bonds. The summed E-state index contributed by atoms with van der Waals surface area (Å²) in [6.45, 7) is 2.17. The molecule has 0 N–H and O–H groups in total. The van der Waals surface area contributed by atoms with Gasteiger partial charge in [0.1, 0.15) is 5.01 Å².